The molecule has 2 aliphatic rings. The highest BCUT2D eigenvalue weighted by Crippen LogP contribution is 2.46. The fraction of sp³-hybridized carbons (Fsp3) is 0.833. The summed E-state index contributed by atoms with van der Waals surface area (Å²) in [5.74, 6) is -1.25. The largest absolute Gasteiger partial charge is 0.395 e. The van der Waals surface area contributed by atoms with E-state index >= 15 is 0 Å². The standard InChI is InChI=1S/C12H17F3OS/c1-11(2,10-7-16-10)17-9-5-3-4-8(6-9)12(13,14)15/h6,8,10H,3-5,7H2,1-2H3. The van der Waals surface area contributed by atoms with Gasteiger partial charge in [-0.2, -0.15) is 13.2 Å². The SMILES string of the molecule is CC(C)(SC1=CC(C(F)(F)F)CCC1)C1CO1. The van der Waals surface area contributed by atoms with Crippen molar-refractivity contribution in [2.45, 2.75) is 50.1 Å². The van der Waals surface area contributed by atoms with Crippen LogP contribution in [0, 0.1) is 5.92 Å². The van der Waals surface area contributed by atoms with Gasteiger partial charge in [-0.25, -0.2) is 0 Å². The molecule has 98 valence electrons. The highest BCUT2D eigenvalue weighted by atomic mass is 32.2. The third kappa shape index (κ3) is 3.41. The lowest BCUT2D eigenvalue weighted by Gasteiger charge is -2.28. The number of epoxide rings is 1. The summed E-state index contributed by atoms with van der Waals surface area (Å²) in [6.45, 7) is 4.80. The first-order valence-electron chi connectivity index (χ1n) is 5.87. The van der Waals surface area contributed by atoms with Crippen LogP contribution in [0.2, 0.25) is 0 Å². The van der Waals surface area contributed by atoms with Crippen molar-refractivity contribution in [1.82, 2.24) is 0 Å². The van der Waals surface area contributed by atoms with E-state index in [1.807, 2.05) is 13.8 Å². The smallest absolute Gasteiger partial charge is 0.372 e. The molecule has 1 nitrogen and oxygen atoms in total. The minimum absolute atomic E-state index is 0.112. The minimum Gasteiger partial charge on any atom is -0.372 e. The summed E-state index contributed by atoms with van der Waals surface area (Å²) >= 11 is 1.55. The van der Waals surface area contributed by atoms with E-state index in [9.17, 15) is 13.2 Å². The van der Waals surface area contributed by atoms with E-state index in [4.69, 9.17) is 4.74 Å². The number of ether oxygens (including phenoxy) is 1. The zero-order valence-electron chi connectivity index (χ0n) is 10.0. The fourth-order valence-corrected chi connectivity index (χ4v) is 3.51. The van der Waals surface area contributed by atoms with Crippen LogP contribution in [-0.2, 0) is 4.74 Å². The predicted octanol–water partition coefficient (Wildman–Crippen LogP) is 4.14. The van der Waals surface area contributed by atoms with Crippen molar-refractivity contribution in [1.29, 1.82) is 0 Å². The van der Waals surface area contributed by atoms with Crippen molar-refractivity contribution < 1.29 is 17.9 Å². The lowest BCUT2D eigenvalue weighted by atomic mass is 9.95. The molecule has 0 saturated carbocycles. The van der Waals surface area contributed by atoms with E-state index in [2.05, 4.69) is 0 Å². The molecule has 0 aromatic carbocycles. The van der Waals surface area contributed by atoms with E-state index in [1.54, 1.807) is 11.8 Å². The Balaban J connectivity index is 2.02. The molecule has 5 heteroatoms. The summed E-state index contributed by atoms with van der Waals surface area (Å²) in [7, 11) is 0. The second kappa shape index (κ2) is 4.50. The zero-order valence-corrected chi connectivity index (χ0v) is 10.8. The van der Waals surface area contributed by atoms with Crippen LogP contribution in [0.1, 0.15) is 33.1 Å². The molecule has 0 bridgehead atoms. The van der Waals surface area contributed by atoms with Crippen LogP contribution >= 0.6 is 11.8 Å². The van der Waals surface area contributed by atoms with Crippen LogP contribution in [0.4, 0.5) is 13.2 Å². The third-order valence-corrected chi connectivity index (χ3v) is 4.64. The molecule has 2 atom stereocenters. The summed E-state index contributed by atoms with van der Waals surface area (Å²) in [6.07, 6.45) is -0.851. The van der Waals surface area contributed by atoms with E-state index in [0.29, 0.717) is 6.42 Å². The van der Waals surface area contributed by atoms with Gasteiger partial charge in [0, 0.05) is 4.75 Å². The summed E-state index contributed by atoms with van der Waals surface area (Å²) in [6, 6.07) is 0. The van der Waals surface area contributed by atoms with Crippen LogP contribution in [0.15, 0.2) is 11.0 Å². The average Bonchev–Trinajstić information content (AvgIpc) is 2.99. The molecule has 0 N–H and O–H groups in total. The Morgan fingerprint density at radius 2 is 2.00 bits per heavy atom. The van der Waals surface area contributed by atoms with Gasteiger partial charge in [-0.15, -0.1) is 11.8 Å². The van der Waals surface area contributed by atoms with Gasteiger partial charge in [0.1, 0.15) is 0 Å². The molecular weight excluding hydrogens is 249 g/mol. The highest BCUT2D eigenvalue weighted by Gasteiger charge is 2.43. The molecule has 0 amide bonds. The van der Waals surface area contributed by atoms with Crippen LogP contribution in [0.25, 0.3) is 0 Å². The molecule has 0 aromatic heterocycles. The van der Waals surface area contributed by atoms with Gasteiger partial charge < -0.3 is 4.74 Å². The van der Waals surface area contributed by atoms with Crippen molar-refractivity contribution in [2.75, 3.05) is 6.61 Å². The predicted molar refractivity (Wildman–Crippen MR) is 62.9 cm³/mol. The molecule has 2 rings (SSSR count). The van der Waals surface area contributed by atoms with Gasteiger partial charge in [0.25, 0.3) is 0 Å². The van der Waals surface area contributed by atoms with Crippen molar-refractivity contribution in [3.63, 3.8) is 0 Å². The second-order valence-electron chi connectivity index (χ2n) is 5.20. The zero-order chi connectivity index (χ0) is 12.7. The van der Waals surface area contributed by atoms with Crippen molar-refractivity contribution in [3.05, 3.63) is 11.0 Å². The number of rotatable bonds is 3. The maximum absolute atomic E-state index is 12.6. The fourth-order valence-electron chi connectivity index (χ4n) is 2.08. The number of thioether (sulfide) groups is 1. The van der Waals surface area contributed by atoms with Crippen LogP contribution in [-0.4, -0.2) is 23.6 Å². The molecule has 1 aliphatic carbocycles. The lowest BCUT2D eigenvalue weighted by Crippen LogP contribution is -2.26. The summed E-state index contributed by atoms with van der Waals surface area (Å²) in [5, 5.41) is 0. The summed E-state index contributed by atoms with van der Waals surface area (Å²) < 4.78 is 43.0. The van der Waals surface area contributed by atoms with E-state index < -0.39 is 12.1 Å². The third-order valence-electron chi connectivity index (χ3n) is 3.25. The Hall–Kier alpha value is -0.160. The summed E-state index contributed by atoms with van der Waals surface area (Å²) in [4.78, 5) is 0.874. The molecule has 2 unspecified atom stereocenters. The number of alkyl halides is 3. The number of hydrogen-bond acceptors (Lipinski definition) is 2. The maximum atomic E-state index is 12.6. The number of allylic oxidation sites excluding steroid dienone is 2. The quantitative estimate of drug-likeness (QED) is 0.712. The van der Waals surface area contributed by atoms with Crippen molar-refractivity contribution in [2.24, 2.45) is 5.92 Å². The average molecular weight is 266 g/mol. The first-order chi connectivity index (χ1) is 7.79. The van der Waals surface area contributed by atoms with Gasteiger partial charge in [0.05, 0.1) is 18.6 Å². The second-order valence-corrected chi connectivity index (χ2v) is 6.98. The lowest BCUT2D eigenvalue weighted by molar-refractivity contribution is -0.163. The van der Waals surface area contributed by atoms with Crippen LogP contribution < -0.4 is 0 Å². The Labute approximate surface area is 104 Å². The maximum Gasteiger partial charge on any atom is 0.395 e. The molecule has 0 spiro atoms. The van der Waals surface area contributed by atoms with E-state index in [-0.39, 0.29) is 17.3 Å². The van der Waals surface area contributed by atoms with Gasteiger partial charge in [0.15, 0.2) is 0 Å². The first kappa shape index (κ1) is 13.3. The van der Waals surface area contributed by atoms with Gasteiger partial charge in [-0.3, -0.25) is 0 Å². The molecule has 1 fully saturated rings. The van der Waals surface area contributed by atoms with Gasteiger partial charge in [0.2, 0.25) is 0 Å². The van der Waals surface area contributed by atoms with Gasteiger partial charge in [-0.1, -0.05) is 6.08 Å². The van der Waals surface area contributed by atoms with Crippen molar-refractivity contribution >= 4 is 11.8 Å². The molecule has 1 saturated heterocycles. The molecule has 0 aromatic rings. The summed E-state index contributed by atoms with van der Waals surface area (Å²) in [5.41, 5.74) is 0. The number of hydrogen-bond donors (Lipinski definition) is 0. The first-order valence-corrected chi connectivity index (χ1v) is 6.69. The van der Waals surface area contributed by atoms with Gasteiger partial charge >= 0.3 is 6.18 Å². The van der Waals surface area contributed by atoms with E-state index in [0.717, 1.165) is 17.9 Å². The Kier molecular flexibility index (Phi) is 3.51. The topological polar surface area (TPSA) is 12.5 Å². The van der Waals surface area contributed by atoms with E-state index in [1.165, 1.54) is 6.08 Å². The van der Waals surface area contributed by atoms with Crippen molar-refractivity contribution in [3.8, 4) is 0 Å². The minimum atomic E-state index is -4.09. The van der Waals surface area contributed by atoms with Crippen LogP contribution in [0.3, 0.4) is 0 Å². The number of halogens is 3. The van der Waals surface area contributed by atoms with Crippen LogP contribution in [0.5, 0.6) is 0 Å². The Morgan fingerprint density at radius 1 is 1.35 bits per heavy atom. The monoisotopic (exact) mass is 266 g/mol. The van der Waals surface area contributed by atoms with Gasteiger partial charge in [-0.05, 0) is 38.0 Å². The molecule has 17 heavy (non-hydrogen) atoms. The molecule has 0 radical (unpaired) electrons. The molecule has 1 heterocycles. The Bertz CT molecular complexity index is 318. The normalized spacial score (nSPS) is 30.1. The molecular formula is C12H17F3OS. The highest BCUT2D eigenvalue weighted by molar-refractivity contribution is 8.04. The Morgan fingerprint density at radius 3 is 2.53 bits per heavy atom. The molecule has 1 aliphatic heterocycles.